The van der Waals surface area contributed by atoms with Gasteiger partial charge in [-0.1, -0.05) is 54.9 Å². The van der Waals surface area contributed by atoms with Gasteiger partial charge < -0.3 is 9.47 Å². The number of likely N-dealkylation sites (tertiary alicyclic amines) is 1. The molecule has 1 saturated heterocycles. The van der Waals surface area contributed by atoms with Gasteiger partial charge in [0.25, 0.3) is 0 Å². The number of hydrogen-bond donors (Lipinski definition) is 0. The molecule has 0 spiro atoms. The van der Waals surface area contributed by atoms with Gasteiger partial charge in [-0.15, -0.1) is 0 Å². The molecule has 0 N–H and O–H groups in total. The Morgan fingerprint density at radius 3 is 2.80 bits per heavy atom. The van der Waals surface area contributed by atoms with E-state index in [0.29, 0.717) is 23.8 Å². The molecule has 0 bridgehead atoms. The van der Waals surface area contributed by atoms with E-state index >= 15 is 0 Å². The number of amides is 1. The first-order valence-electron chi connectivity index (χ1n) is 10.8. The van der Waals surface area contributed by atoms with Crippen LogP contribution in [0.4, 0.5) is 0 Å². The molecule has 2 atom stereocenters. The molecule has 2 aliphatic rings. The van der Waals surface area contributed by atoms with Gasteiger partial charge in [-0.25, -0.2) is 4.98 Å². The van der Waals surface area contributed by atoms with Gasteiger partial charge >= 0.3 is 0 Å². The molecular formula is C25H26ClN3O. The van der Waals surface area contributed by atoms with Crippen LogP contribution in [-0.2, 0) is 10.3 Å². The number of nitrogens with zero attached hydrogens (tertiary/aromatic N) is 3. The lowest BCUT2D eigenvalue weighted by atomic mass is 9.79. The Hall–Kier alpha value is -2.59. The van der Waals surface area contributed by atoms with Crippen LogP contribution in [0.5, 0.6) is 0 Å². The smallest absolute Gasteiger partial charge is 0.222 e. The number of carbonyl (C=O) groups excluding carboxylic acids is 1. The lowest BCUT2D eigenvalue weighted by Gasteiger charge is -2.35. The first-order valence-corrected chi connectivity index (χ1v) is 11.1. The highest BCUT2D eigenvalue weighted by Crippen LogP contribution is 2.49. The molecule has 154 valence electrons. The third-order valence-electron chi connectivity index (χ3n) is 6.70. The van der Waals surface area contributed by atoms with Gasteiger partial charge in [-0.2, -0.15) is 0 Å². The first-order chi connectivity index (χ1) is 14.6. The highest BCUT2D eigenvalue weighted by Gasteiger charge is 2.45. The zero-order chi connectivity index (χ0) is 20.7. The van der Waals surface area contributed by atoms with Gasteiger partial charge in [0.05, 0.1) is 5.54 Å². The third kappa shape index (κ3) is 3.05. The highest BCUT2D eigenvalue weighted by molar-refractivity contribution is 6.30. The van der Waals surface area contributed by atoms with Crippen LogP contribution in [0.3, 0.4) is 0 Å². The Balaban J connectivity index is 1.56. The summed E-state index contributed by atoms with van der Waals surface area (Å²) in [6, 6.07) is 16.5. The van der Waals surface area contributed by atoms with Gasteiger partial charge in [0, 0.05) is 42.5 Å². The van der Waals surface area contributed by atoms with Crippen LogP contribution in [0.25, 0.3) is 11.4 Å². The second kappa shape index (κ2) is 7.59. The first kappa shape index (κ1) is 19.4. The minimum atomic E-state index is -0.454. The lowest BCUT2D eigenvalue weighted by Crippen LogP contribution is -2.41. The number of carbonyl (C=O) groups is 1. The second-order valence-corrected chi connectivity index (χ2v) is 9.06. The van der Waals surface area contributed by atoms with Crippen LogP contribution in [0.2, 0.25) is 5.02 Å². The Kier molecular flexibility index (Phi) is 4.90. The predicted molar refractivity (Wildman–Crippen MR) is 120 cm³/mol. The van der Waals surface area contributed by atoms with E-state index in [1.54, 1.807) is 0 Å². The lowest BCUT2D eigenvalue weighted by molar-refractivity contribution is -0.133. The summed E-state index contributed by atoms with van der Waals surface area (Å²) in [6.07, 6.45) is 7.40. The fraction of sp³-hybridized carbons (Fsp3) is 0.360. The number of aromatic nitrogens is 2. The molecule has 4 nitrogen and oxygen atoms in total. The largest absolute Gasteiger partial charge is 0.342 e. The summed E-state index contributed by atoms with van der Waals surface area (Å²) >= 11 is 6.21. The zero-order valence-corrected chi connectivity index (χ0v) is 18.0. The van der Waals surface area contributed by atoms with E-state index in [1.807, 2.05) is 24.5 Å². The minimum Gasteiger partial charge on any atom is -0.342 e. The summed E-state index contributed by atoms with van der Waals surface area (Å²) in [6.45, 7) is 3.99. The molecule has 0 radical (unpaired) electrons. The van der Waals surface area contributed by atoms with Crippen molar-refractivity contribution in [2.24, 2.45) is 5.92 Å². The van der Waals surface area contributed by atoms with Crippen LogP contribution >= 0.6 is 11.6 Å². The van der Waals surface area contributed by atoms with Gasteiger partial charge in [0.15, 0.2) is 0 Å². The molecule has 1 aromatic heterocycles. The predicted octanol–water partition coefficient (Wildman–Crippen LogP) is 5.35. The number of hydrogen-bond acceptors (Lipinski definition) is 2. The van der Waals surface area contributed by atoms with Crippen molar-refractivity contribution in [2.45, 2.75) is 38.1 Å². The maximum atomic E-state index is 13.2. The summed E-state index contributed by atoms with van der Waals surface area (Å²) in [7, 11) is 0. The topological polar surface area (TPSA) is 38.1 Å². The van der Waals surface area contributed by atoms with Gasteiger partial charge in [-0.3, -0.25) is 4.79 Å². The second-order valence-electron chi connectivity index (χ2n) is 8.62. The van der Waals surface area contributed by atoms with Crippen molar-refractivity contribution in [1.29, 1.82) is 0 Å². The number of benzene rings is 2. The summed E-state index contributed by atoms with van der Waals surface area (Å²) in [5.41, 5.74) is 3.02. The molecule has 5 heteroatoms. The molecular weight excluding hydrogens is 394 g/mol. The van der Waals surface area contributed by atoms with Crippen molar-refractivity contribution >= 4 is 17.5 Å². The van der Waals surface area contributed by atoms with Crippen molar-refractivity contribution in [1.82, 2.24) is 14.5 Å². The Labute approximate surface area is 182 Å². The van der Waals surface area contributed by atoms with E-state index in [0.717, 1.165) is 36.5 Å². The third-order valence-corrected chi connectivity index (χ3v) is 6.95. The van der Waals surface area contributed by atoms with Crippen molar-refractivity contribution in [3.05, 3.63) is 77.1 Å². The van der Waals surface area contributed by atoms with E-state index < -0.39 is 5.54 Å². The monoisotopic (exact) mass is 419 g/mol. The molecule has 0 saturated carbocycles. The number of halogens is 1. The van der Waals surface area contributed by atoms with E-state index in [-0.39, 0.29) is 5.91 Å². The number of piperidine rings is 1. The van der Waals surface area contributed by atoms with E-state index in [1.165, 1.54) is 12.0 Å². The van der Waals surface area contributed by atoms with E-state index in [9.17, 15) is 4.79 Å². The molecule has 2 aliphatic heterocycles. The van der Waals surface area contributed by atoms with Crippen LogP contribution in [0.1, 0.15) is 43.7 Å². The van der Waals surface area contributed by atoms with Gasteiger partial charge in [-0.05, 0) is 48.4 Å². The van der Waals surface area contributed by atoms with E-state index in [4.69, 9.17) is 11.6 Å². The molecule has 3 heterocycles. The summed E-state index contributed by atoms with van der Waals surface area (Å²) in [5, 5.41) is 0.712. The van der Waals surface area contributed by atoms with Crippen molar-refractivity contribution in [3.8, 4) is 11.4 Å². The molecule has 0 aliphatic carbocycles. The zero-order valence-electron chi connectivity index (χ0n) is 17.2. The number of fused-ring (bicyclic) bond motifs is 3. The van der Waals surface area contributed by atoms with Crippen LogP contribution in [-0.4, -0.2) is 33.4 Å². The van der Waals surface area contributed by atoms with Crippen LogP contribution < -0.4 is 0 Å². The normalized spacial score (nSPS) is 22.6. The molecule has 5 rings (SSSR count). The van der Waals surface area contributed by atoms with Gasteiger partial charge in [0.2, 0.25) is 5.91 Å². The molecule has 1 amide bonds. The van der Waals surface area contributed by atoms with E-state index in [2.05, 4.69) is 57.8 Å². The minimum absolute atomic E-state index is 0.251. The quantitative estimate of drug-likeness (QED) is 0.571. The van der Waals surface area contributed by atoms with Gasteiger partial charge in [0.1, 0.15) is 5.82 Å². The summed E-state index contributed by atoms with van der Waals surface area (Å²) in [5.74, 6) is 1.79. The maximum Gasteiger partial charge on any atom is 0.222 e. The molecule has 2 unspecified atom stereocenters. The van der Waals surface area contributed by atoms with Crippen LogP contribution in [0.15, 0.2) is 60.9 Å². The Morgan fingerprint density at radius 1 is 1.20 bits per heavy atom. The number of imidazole rings is 1. The Bertz CT molecular complexity index is 1070. The molecule has 2 aromatic carbocycles. The van der Waals surface area contributed by atoms with Crippen molar-refractivity contribution in [3.63, 3.8) is 0 Å². The SMILES string of the molecule is CC1CCCN(C(=O)CCC2(c3ccc(Cl)cc3)c3ccccc3-c3nccn32)C1. The summed E-state index contributed by atoms with van der Waals surface area (Å²) in [4.78, 5) is 19.9. The average molecular weight is 420 g/mol. The van der Waals surface area contributed by atoms with Crippen LogP contribution in [0, 0.1) is 5.92 Å². The fourth-order valence-corrected chi connectivity index (χ4v) is 5.39. The average Bonchev–Trinajstić information content (AvgIpc) is 3.34. The fourth-order valence-electron chi connectivity index (χ4n) is 5.26. The number of rotatable bonds is 4. The highest BCUT2D eigenvalue weighted by atomic mass is 35.5. The van der Waals surface area contributed by atoms with Crippen molar-refractivity contribution < 1.29 is 4.79 Å². The summed E-state index contributed by atoms with van der Waals surface area (Å²) < 4.78 is 2.24. The van der Waals surface area contributed by atoms with Crippen molar-refractivity contribution in [2.75, 3.05) is 13.1 Å². The molecule has 30 heavy (non-hydrogen) atoms. The molecule has 1 fully saturated rings. The molecule has 3 aromatic rings. The standard InChI is InChI=1S/C25H26ClN3O/c1-18-5-4-15-28(17-18)23(30)12-13-25(19-8-10-20(26)11-9-19)22-7-3-2-6-21(22)24-27-14-16-29(24)25/h2-3,6-11,14,16,18H,4-5,12-13,15,17H2,1H3. The maximum absolute atomic E-state index is 13.2. The Morgan fingerprint density at radius 2 is 2.00 bits per heavy atom.